The first-order valence-electron chi connectivity index (χ1n) is 34.6. The molecule has 3 spiro atoms. The van der Waals surface area contributed by atoms with Crippen LogP contribution in [0.3, 0.4) is 0 Å². The average Bonchev–Trinajstić information content (AvgIpc) is 1.49. The lowest BCUT2D eigenvalue weighted by atomic mass is 9.43. The van der Waals surface area contributed by atoms with Crippen LogP contribution >= 0.6 is 0 Å². The number of nitrogens with two attached hydrogens (primary N) is 1. The summed E-state index contributed by atoms with van der Waals surface area (Å²) in [7, 11) is 1.96. The predicted octanol–water partition coefficient (Wildman–Crippen LogP) is 9.02. The highest BCUT2D eigenvalue weighted by Gasteiger charge is 2.86. The molecular weight excluding hydrogens is 1140 g/mol. The second-order valence-corrected chi connectivity index (χ2v) is 30.5. The van der Waals surface area contributed by atoms with Crippen molar-refractivity contribution < 1.29 is 44.3 Å². The molecule has 7 aliphatic heterocycles. The first kappa shape index (κ1) is 61.1. The van der Waals surface area contributed by atoms with Crippen molar-refractivity contribution in [2.24, 2.45) is 63.9 Å². The van der Waals surface area contributed by atoms with Gasteiger partial charge in [0.1, 0.15) is 17.7 Å². The Morgan fingerprint density at radius 1 is 0.967 bits per heavy atom. The van der Waals surface area contributed by atoms with Crippen molar-refractivity contribution in [3.8, 4) is 17.6 Å². The van der Waals surface area contributed by atoms with Gasteiger partial charge >= 0.3 is 5.97 Å². The number of phenols is 1. The molecule has 91 heavy (non-hydrogen) atoms. The molecule has 4 fully saturated rings. The third-order valence-electron chi connectivity index (χ3n) is 25.7. The predicted molar refractivity (Wildman–Crippen MR) is 347 cm³/mol. The number of aliphatic hydroxyl groups is 3. The summed E-state index contributed by atoms with van der Waals surface area (Å²) in [4.78, 5) is 49.9. The van der Waals surface area contributed by atoms with Crippen molar-refractivity contribution in [2.45, 2.75) is 196 Å². The molecule has 15 rings (SSSR count). The SMILES string of the molecule is CNC1CCC2=C(NCC=C2CCC(C)=C(CO)CC23OC24C(=O)OC2C5CC(O)C67CCC(CO)C6CC#CC(C)NC68C=C9C=CCC(CCCCC(C)(CC%10=CNC(N)C(=C%10)C(c%10cccc(O)c%10)CC7C5C6)Cc5cccc(c5C4=O)C3=O)C9CC28)N1. The number of hydrogen-bond acceptors (Lipinski definition) is 15. The Morgan fingerprint density at radius 2 is 1.82 bits per heavy atom. The van der Waals surface area contributed by atoms with Gasteiger partial charge in [0, 0.05) is 72.0 Å². The van der Waals surface area contributed by atoms with E-state index in [1.54, 1.807) is 12.1 Å². The van der Waals surface area contributed by atoms with Crippen molar-refractivity contribution in [1.29, 1.82) is 0 Å². The lowest BCUT2D eigenvalue weighted by Gasteiger charge is -2.64. The largest absolute Gasteiger partial charge is 0.508 e. The van der Waals surface area contributed by atoms with E-state index in [4.69, 9.17) is 15.2 Å². The molecule has 13 bridgehead atoms. The zero-order valence-electron chi connectivity index (χ0n) is 53.6. The lowest BCUT2D eigenvalue weighted by Crippen LogP contribution is -2.69. The topological polar surface area (TPSA) is 240 Å². The molecule has 2 aromatic rings. The molecular formula is C76H94N6O9. The van der Waals surface area contributed by atoms with Gasteiger partial charge in [0.15, 0.2) is 11.4 Å². The van der Waals surface area contributed by atoms with Crippen LogP contribution in [0.2, 0.25) is 0 Å². The van der Waals surface area contributed by atoms with Gasteiger partial charge in [-0.25, -0.2) is 4.79 Å². The zero-order valence-corrected chi connectivity index (χ0v) is 53.6. The van der Waals surface area contributed by atoms with E-state index in [0.29, 0.717) is 94.2 Å². The van der Waals surface area contributed by atoms with Crippen LogP contribution in [0.25, 0.3) is 0 Å². The molecule has 7 heterocycles. The number of epoxide rings is 1. The number of rotatable bonds is 9. The summed E-state index contributed by atoms with van der Waals surface area (Å²) in [5.74, 6) is 5.16. The Hall–Kier alpha value is -6.09. The summed E-state index contributed by atoms with van der Waals surface area (Å²) < 4.78 is 14.6. The average molecular weight is 1240 g/mol. The number of dihydropyridines is 2. The molecule has 13 aliphatic rings. The van der Waals surface area contributed by atoms with E-state index in [9.17, 15) is 20.4 Å². The van der Waals surface area contributed by atoms with Gasteiger partial charge in [0.05, 0.1) is 31.1 Å². The Bertz CT molecular complexity index is 3640. The van der Waals surface area contributed by atoms with Gasteiger partial charge in [0.2, 0.25) is 5.78 Å². The molecule has 15 heteroatoms. The molecule has 11 N–H and O–H groups in total. The van der Waals surface area contributed by atoms with Crippen molar-refractivity contribution in [1.82, 2.24) is 26.6 Å². The molecule has 0 aromatic heterocycles. The molecule has 1 saturated heterocycles. The fourth-order valence-electron chi connectivity index (χ4n) is 21.4. The van der Waals surface area contributed by atoms with Crippen LogP contribution in [0.1, 0.15) is 174 Å². The van der Waals surface area contributed by atoms with Crippen LogP contribution in [0, 0.1) is 70.0 Å². The van der Waals surface area contributed by atoms with Crippen molar-refractivity contribution in [3.63, 3.8) is 0 Å². The maximum absolute atomic E-state index is 16.9. The van der Waals surface area contributed by atoms with E-state index >= 15 is 14.4 Å². The summed E-state index contributed by atoms with van der Waals surface area (Å²) in [6.45, 7) is 6.65. The number of nitrogens with one attached hydrogen (secondary N) is 5. The minimum absolute atomic E-state index is 0.0378. The van der Waals surface area contributed by atoms with Crippen LogP contribution in [0.15, 0.2) is 124 Å². The third kappa shape index (κ3) is 9.78. The van der Waals surface area contributed by atoms with Crippen molar-refractivity contribution in [3.05, 3.63) is 146 Å². The summed E-state index contributed by atoms with van der Waals surface area (Å²) >= 11 is 0. The number of carbonyl (C=O) groups is 3. The van der Waals surface area contributed by atoms with Gasteiger partial charge in [-0.15, -0.1) is 5.92 Å². The monoisotopic (exact) mass is 1230 g/mol. The maximum Gasteiger partial charge on any atom is 0.350 e. The van der Waals surface area contributed by atoms with Crippen molar-refractivity contribution >= 4 is 17.5 Å². The number of phenolic OH excluding ortho intramolecular Hbond substituents is 1. The quantitative estimate of drug-likeness (QED) is 0.0371. The van der Waals surface area contributed by atoms with E-state index in [1.165, 1.54) is 16.7 Å². The highest BCUT2D eigenvalue weighted by molar-refractivity contribution is 6.33. The standard InChI is InChI=1S/C76H94N6O9/c1-42(20-21-46-25-28-79-70-53(46)22-23-64(78-4)81-70)51(41-84)37-75-67(87)54-18-10-16-49-35-72(3)26-6-5-12-45-13-8-15-48-36-73-38-59-57(66(62(73)31-55(45)48)90-71(89)76(75,91-75)68(88)65(49)54)33-63(86)74(27-24-50(40-83)60(74)19-7-11-43(2)82-73)61(59)32-56(47-14-9-17-52(85)30-47)58-29-44(34-72)39-80-69(58)77/h8-10,14-18,25,29-30,36,39,43,45,50,55-57,59-64,66,69,78-86H,5-6,12-13,19-24,26-28,31-35,37-38,40-41,77H2,1-4H3. The molecule has 19 unspecified atom stereocenters. The van der Waals surface area contributed by atoms with E-state index in [-0.39, 0.29) is 83.5 Å². The van der Waals surface area contributed by atoms with Gasteiger partial charge in [-0.1, -0.05) is 92.0 Å². The normalized spacial score (nSPS) is 41.2. The van der Waals surface area contributed by atoms with Crippen LogP contribution in [0.5, 0.6) is 5.75 Å². The Labute approximate surface area is 536 Å². The smallest absolute Gasteiger partial charge is 0.350 e. The van der Waals surface area contributed by atoms with Crippen LogP contribution < -0.4 is 32.3 Å². The molecule has 6 aliphatic carbocycles. The number of ketones is 2. The second-order valence-electron chi connectivity index (χ2n) is 30.5. The highest BCUT2D eigenvalue weighted by atomic mass is 16.7. The minimum atomic E-state index is -2.38. The Balaban J connectivity index is 0.939. The van der Waals surface area contributed by atoms with Gasteiger partial charge in [-0.3, -0.25) is 14.9 Å². The number of ether oxygens (including phenoxy) is 2. The number of allylic oxidation sites excluding steroid dienone is 8. The summed E-state index contributed by atoms with van der Waals surface area (Å²) in [6, 6.07) is 12.8. The number of benzene rings is 2. The van der Waals surface area contributed by atoms with E-state index in [2.05, 4.69) is 94.9 Å². The Morgan fingerprint density at radius 3 is 2.65 bits per heavy atom. The molecule has 0 amide bonds. The fourth-order valence-corrected chi connectivity index (χ4v) is 21.4. The number of aliphatic hydroxyl groups excluding tert-OH is 3. The first-order valence-corrected chi connectivity index (χ1v) is 34.6. The molecule has 0 radical (unpaired) electrons. The lowest BCUT2D eigenvalue weighted by molar-refractivity contribution is -0.206. The van der Waals surface area contributed by atoms with E-state index in [0.717, 1.165) is 73.0 Å². The molecule has 482 valence electrons. The zero-order chi connectivity index (χ0) is 62.9. The number of esters is 1. The molecule has 19 atom stereocenters. The Kier molecular flexibility index (Phi) is 15.5. The number of Topliss-reactive ketones (excluding diaryl/α,β-unsaturated/α-hetero) is 2. The van der Waals surface area contributed by atoms with Gasteiger partial charge in [0.25, 0.3) is 5.60 Å². The van der Waals surface area contributed by atoms with Gasteiger partial charge in [-0.2, -0.15) is 0 Å². The van der Waals surface area contributed by atoms with Crippen molar-refractivity contribution in [2.75, 3.05) is 26.8 Å². The number of hydrogen-bond donors (Lipinski definition) is 10. The molecule has 3 saturated carbocycles. The highest BCUT2D eigenvalue weighted by Crippen LogP contribution is 2.69. The van der Waals surface area contributed by atoms with Crippen LogP contribution in [0.4, 0.5) is 0 Å². The number of carbonyl (C=O) groups excluding carboxylic acids is 3. The van der Waals surface area contributed by atoms with Gasteiger partial charge in [-0.05, 0) is 215 Å². The van der Waals surface area contributed by atoms with E-state index < -0.39 is 76.0 Å². The summed E-state index contributed by atoms with van der Waals surface area (Å²) in [5, 5.41) is 66.7. The minimum Gasteiger partial charge on any atom is -0.508 e. The summed E-state index contributed by atoms with van der Waals surface area (Å²) in [6.07, 6.45) is 24.2. The fraction of sp³-hybridized carbons (Fsp3) is 0.592. The third-order valence-corrected chi connectivity index (χ3v) is 25.7. The number of aromatic hydroxyl groups is 1. The van der Waals surface area contributed by atoms with Crippen LogP contribution in [-0.4, -0.2) is 112 Å². The summed E-state index contributed by atoms with van der Waals surface area (Å²) in [5.41, 5.74) is 10.2. The van der Waals surface area contributed by atoms with Crippen LogP contribution in [-0.2, 0) is 20.7 Å². The first-order chi connectivity index (χ1) is 44.0. The van der Waals surface area contributed by atoms with Gasteiger partial charge < -0.3 is 56.9 Å². The maximum atomic E-state index is 16.9. The molecule has 2 aromatic carbocycles. The number of fused-ring (bicyclic) bond motifs is 3. The van der Waals surface area contributed by atoms with E-state index in [1.807, 2.05) is 38.2 Å². The second kappa shape index (κ2) is 23.1. The molecule has 15 nitrogen and oxygen atoms in total.